The zero-order chi connectivity index (χ0) is 35.6. The van der Waals surface area contributed by atoms with Crippen molar-refractivity contribution in [2.45, 2.75) is 120 Å². The third-order valence-electron chi connectivity index (χ3n) is 10.8. The van der Waals surface area contributed by atoms with E-state index in [9.17, 15) is 24.3 Å². The molecule has 0 aromatic heterocycles. The molecule has 6 fully saturated rings. The number of aliphatic hydroxyl groups excluding tert-OH is 1. The van der Waals surface area contributed by atoms with Gasteiger partial charge in [-0.05, 0) is 70.1 Å². The van der Waals surface area contributed by atoms with Crippen molar-refractivity contribution in [2.24, 2.45) is 17.3 Å². The van der Waals surface area contributed by atoms with Gasteiger partial charge in [0.1, 0.15) is 35.4 Å². The largest absolute Gasteiger partial charge is 0.460 e. The monoisotopic (exact) mass is 695 g/mol. The van der Waals surface area contributed by atoms with Gasteiger partial charge in [-0.2, -0.15) is 5.06 Å². The first-order chi connectivity index (χ1) is 23.8. The van der Waals surface area contributed by atoms with Gasteiger partial charge in [0.05, 0.1) is 19.2 Å². The lowest BCUT2D eigenvalue weighted by molar-refractivity contribution is -0.235. The molecule has 6 aliphatic rings. The van der Waals surface area contributed by atoms with Crippen LogP contribution >= 0.6 is 0 Å². The zero-order valence-electron chi connectivity index (χ0n) is 29.5. The Morgan fingerprint density at radius 1 is 1.10 bits per heavy atom. The summed E-state index contributed by atoms with van der Waals surface area (Å²) < 4.78 is 25.3. The Morgan fingerprint density at radius 3 is 2.42 bits per heavy atom. The number of carbonyl (C=O) groups is 4. The van der Waals surface area contributed by atoms with E-state index in [-0.39, 0.29) is 43.6 Å². The lowest BCUT2D eigenvalue weighted by Crippen LogP contribution is -2.70. The molecule has 50 heavy (non-hydrogen) atoms. The van der Waals surface area contributed by atoms with Crippen LogP contribution in [0.1, 0.15) is 76.8 Å². The van der Waals surface area contributed by atoms with Crippen molar-refractivity contribution >= 4 is 29.8 Å². The summed E-state index contributed by atoms with van der Waals surface area (Å²) in [5.41, 5.74) is -0.571. The fraction of sp³-hybridized carbons (Fsp3) is 0.676. The van der Waals surface area contributed by atoms with E-state index in [0.29, 0.717) is 0 Å². The minimum absolute atomic E-state index is 0.0104. The molecule has 3 heterocycles. The Kier molecular flexibility index (Phi) is 9.12. The van der Waals surface area contributed by atoms with Gasteiger partial charge >= 0.3 is 11.9 Å². The van der Waals surface area contributed by atoms with E-state index in [1.807, 2.05) is 24.3 Å². The smallest absolute Gasteiger partial charge is 0.327 e. The Balaban J connectivity index is 1.20. The molecule has 0 unspecified atom stereocenters. The molecule has 2 amide bonds. The van der Waals surface area contributed by atoms with Crippen LogP contribution in [0.4, 0.5) is 0 Å². The van der Waals surface area contributed by atoms with Crippen LogP contribution in [0.5, 0.6) is 0 Å². The Bertz CT molecular complexity index is 1540. The number of aliphatic hydroxyl groups is 1. The van der Waals surface area contributed by atoms with Gasteiger partial charge in [0.2, 0.25) is 11.8 Å². The molecule has 1 aromatic rings. The van der Waals surface area contributed by atoms with E-state index in [0.717, 1.165) is 36.8 Å². The van der Waals surface area contributed by atoms with Crippen molar-refractivity contribution < 1.29 is 48.1 Å². The van der Waals surface area contributed by atoms with Crippen LogP contribution in [-0.4, -0.2) is 107 Å². The second kappa shape index (κ2) is 13.0. The highest BCUT2D eigenvalue weighted by molar-refractivity contribution is 5.94. The highest BCUT2D eigenvalue weighted by Crippen LogP contribution is 2.63. The van der Waals surface area contributed by atoms with Gasteiger partial charge in [0, 0.05) is 44.8 Å². The summed E-state index contributed by atoms with van der Waals surface area (Å²) in [4.78, 5) is 61.9. The number of carbonyl (C=O) groups excluding carboxylic acids is 4. The number of fused-ring (bicyclic) bond motifs is 4. The molecule has 13 nitrogen and oxygen atoms in total. The quantitative estimate of drug-likeness (QED) is 0.245. The number of rotatable bonds is 12. The van der Waals surface area contributed by atoms with Crippen molar-refractivity contribution in [3.8, 4) is 0 Å². The Hall–Kier alpha value is -3.36. The molecule has 13 heteroatoms. The average molecular weight is 696 g/mol. The van der Waals surface area contributed by atoms with Crippen molar-refractivity contribution in [1.82, 2.24) is 15.3 Å². The minimum Gasteiger partial charge on any atom is -0.460 e. The predicted octanol–water partition coefficient (Wildman–Crippen LogP) is 2.49. The highest BCUT2D eigenvalue weighted by atomic mass is 16.8. The van der Waals surface area contributed by atoms with Crippen LogP contribution < -0.4 is 5.32 Å². The molecule has 2 bridgehead atoms. The molecule has 7 atom stereocenters. The third kappa shape index (κ3) is 6.36. The molecule has 7 rings (SSSR count). The fourth-order valence-corrected chi connectivity index (χ4v) is 8.20. The van der Waals surface area contributed by atoms with E-state index < -0.39 is 77.8 Å². The molecular weight excluding hydrogens is 646 g/mol. The van der Waals surface area contributed by atoms with Gasteiger partial charge in [-0.25, -0.2) is 0 Å². The fourth-order valence-electron chi connectivity index (χ4n) is 8.20. The molecule has 0 spiro atoms. The number of nitrogens with one attached hydrogen (secondary N) is 1. The van der Waals surface area contributed by atoms with Crippen molar-refractivity contribution in [3.05, 3.63) is 41.5 Å². The summed E-state index contributed by atoms with van der Waals surface area (Å²) in [5.74, 6) is -1.99. The van der Waals surface area contributed by atoms with Crippen molar-refractivity contribution in [1.29, 1.82) is 0 Å². The topological polar surface area (TPSA) is 153 Å². The van der Waals surface area contributed by atoms with Crippen LogP contribution in [-0.2, 0) is 49.5 Å². The number of esters is 2. The van der Waals surface area contributed by atoms with E-state index >= 15 is 0 Å². The molecule has 1 aromatic carbocycles. The molecular formula is C37H49N3O10. The van der Waals surface area contributed by atoms with Crippen LogP contribution in [0.3, 0.4) is 0 Å². The average Bonchev–Trinajstić information content (AvgIpc) is 4.00. The molecule has 272 valence electrons. The lowest BCUT2D eigenvalue weighted by Gasteiger charge is -2.49. The van der Waals surface area contributed by atoms with E-state index in [2.05, 4.69) is 5.32 Å². The number of ether oxygens (including phenoxy) is 4. The second-order valence-electron chi connectivity index (χ2n) is 15.9. The summed E-state index contributed by atoms with van der Waals surface area (Å²) in [6.07, 6.45) is 4.55. The van der Waals surface area contributed by atoms with E-state index in [4.69, 9.17) is 23.8 Å². The van der Waals surface area contributed by atoms with Crippen LogP contribution in [0.25, 0.3) is 6.08 Å². The number of hydrogen-bond acceptors (Lipinski definition) is 11. The molecule has 3 aliphatic carbocycles. The maximum atomic E-state index is 14.7. The number of hydrogen-bond donors (Lipinski definition) is 2. The molecule has 0 radical (unpaired) electrons. The van der Waals surface area contributed by atoms with Crippen LogP contribution in [0.2, 0.25) is 0 Å². The first kappa shape index (κ1) is 35.1. The van der Waals surface area contributed by atoms with Gasteiger partial charge in [0.15, 0.2) is 11.8 Å². The maximum absolute atomic E-state index is 14.7. The summed E-state index contributed by atoms with van der Waals surface area (Å²) in [7, 11) is 3.35. The summed E-state index contributed by atoms with van der Waals surface area (Å²) >= 11 is 0. The first-order valence-electron chi connectivity index (χ1n) is 17.9. The van der Waals surface area contributed by atoms with Gasteiger partial charge in [0.25, 0.3) is 0 Å². The summed E-state index contributed by atoms with van der Waals surface area (Å²) in [6, 6.07) is 5.58. The molecule has 3 saturated carbocycles. The maximum Gasteiger partial charge on any atom is 0.327 e. The third-order valence-corrected chi connectivity index (χ3v) is 10.8. The van der Waals surface area contributed by atoms with Crippen molar-refractivity contribution in [2.75, 3.05) is 20.7 Å². The number of nitrogens with zero attached hydrogens (tertiary/aromatic N) is 2. The van der Waals surface area contributed by atoms with E-state index in [1.165, 1.54) is 16.0 Å². The Morgan fingerprint density at radius 2 is 1.78 bits per heavy atom. The van der Waals surface area contributed by atoms with Crippen LogP contribution in [0.15, 0.2) is 30.3 Å². The van der Waals surface area contributed by atoms with Gasteiger partial charge < -0.3 is 34.3 Å². The molecule has 3 aliphatic heterocycles. The minimum atomic E-state index is -1.43. The normalized spacial score (nSPS) is 32.0. The highest BCUT2D eigenvalue weighted by Gasteiger charge is 2.78. The number of benzene rings is 1. The van der Waals surface area contributed by atoms with Crippen molar-refractivity contribution in [3.63, 3.8) is 0 Å². The number of likely N-dealkylation sites (N-methyl/N-ethyl adjacent to an activating group) is 1. The van der Waals surface area contributed by atoms with E-state index in [1.54, 1.807) is 40.9 Å². The first-order valence-corrected chi connectivity index (χ1v) is 17.9. The van der Waals surface area contributed by atoms with Gasteiger partial charge in [-0.1, -0.05) is 24.3 Å². The lowest BCUT2D eigenvalue weighted by atomic mass is 9.62. The predicted molar refractivity (Wildman–Crippen MR) is 177 cm³/mol. The van der Waals surface area contributed by atoms with Gasteiger partial charge in [-0.3, -0.25) is 24.0 Å². The zero-order valence-corrected chi connectivity index (χ0v) is 29.5. The molecule has 2 N–H and O–H groups in total. The number of hydroxylamine groups is 2. The van der Waals surface area contributed by atoms with Crippen LogP contribution in [0, 0.1) is 17.3 Å². The SMILES string of the molecule is CN(C)C(=O)C=Cc1ccccc1CN1O[C@@H]2[C@H]3OC(C4CC4)(C4CC4)O[C@H]3[C@H]3C[C@]2(C(=O)N[C@H](CO)CCC(=O)OC(C)(C)C)[C@@H]1C(=O)O3. The summed E-state index contributed by atoms with van der Waals surface area (Å²) in [6.45, 7) is 5.03. The van der Waals surface area contributed by atoms with Gasteiger partial charge in [-0.15, -0.1) is 0 Å². The standard InChI is InChI=1S/C37H49N3O10/c1-35(2,3)47-28(43)17-15-25(20-41)38-34(45)36-18-26-29-30(49-37(48-29,23-11-12-23)24-13-14-24)32(36)50-40(31(36)33(44)46-26)19-22-9-7-6-8-21(22)10-16-27(42)39(4)5/h6-10,16,23-26,29-32,41H,11-15,17-20H2,1-5H3,(H,38,45)/t25-,26+,29-,30-,31-,32+,36-/m0/s1. The summed E-state index contributed by atoms with van der Waals surface area (Å²) in [5, 5.41) is 14.8. The second-order valence-corrected chi connectivity index (χ2v) is 15.9. The number of amides is 2. The molecule has 3 saturated heterocycles. The Labute approximate surface area is 292 Å².